The zero-order valence-electron chi connectivity index (χ0n) is 16.4. The SMILES string of the molecule is Clc1ccccc1OCCSc1nnc(-c2ccc3c(c2)OCO3)n1-c1ccccc1. The molecule has 8 heteroatoms. The molecule has 0 amide bonds. The summed E-state index contributed by atoms with van der Waals surface area (Å²) in [7, 11) is 0. The zero-order valence-corrected chi connectivity index (χ0v) is 18.0. The van der Waals surface area contributed by atoms with Crippen molar-refractivity contribution >= 4 is 23.4 Å². The molecule has 0 atom stereocenters. The highest BCUT2D eigenvalue weighted by atomic mass is 35.5. The van der Waals surface area contributed by atoms with Gasteiger partial charge in [-0.15, -0.1) is 10.2 Å². The minimum atomic E-state index is 0.233. The summed E-state index contributed by atoms with van der Waals surface area (Å²) in [5.41, 5.74) is 1.88. The zero-order chi connectivity index (χ0) is 21.0. The molecule has 156 valence electrons. The number of hydrogen-bond donors (Lipinski definition) is 0. The highest BCUT2D eigenvalue weighted by Gasteiger charge is 2.20. The molecule has 3 aromatic carbocycles. The summed E-state index contributed by atoms with van der Waals surface area (Å²) in [5.74, 6) is 3.55. The van der Waals surface area contributed by atoms with Gasteiger partial charge in [-0.05, 0) is 42.5 Å². The fourth-order valence-corrected chi connectivity index (χ4v) is 4.20. The van der Waals surface area contributed by atoms with Crippen LogP contribution in [0.25, 0.3) is 17.1 Å². The van der Waals surface area contributed by atoms with E-state index >= 15 is 0 Å². The fourth-order valence-electron chi connectivity index (χ4n) is 3.24. The first kappa shape index (κ1) is 19.8. The molecule has 0 fully saturated rings. The highest BCUT2D eigenvalue weighted by molar-refractivity contribution is 7.99. The Morgan fingerprint density at radius 1 is 0.935 bits per heavy atom. The predicted octanol–water partition coefficient (Wildman–Crippen LogP) is 5.49. The lowest BCUT2D eigenvalue weighted by Crippen LogP contribution is -2.03. The maximum absolute atomic E-state index is 6.16. The van der Waals surface area contributed by atoms with Crippen molar-refractivity contribution in [2.45, 2.75) is 5.16 Å². The van der Waals surface area contributed by atoms with Crippen LogP contribution in [0.3, 0.4) is 0 Å². The molecule has 0 saturated heterocycles. The molecule has 0 radical (unpaired) electrons. The lowest BCUT2D eigenvalue weighted by molar-refractivity contribution is 0.174. The molecule has 0 N–H and O–H groups in total. The molecule has 0 spiro atoms. The van der Waals surface area contributed by atoms with Crippen molar-refractivity contribution in [3.8, 4) is 34.3 Å². The summed E-state index contributed by atoms with van der Waals surface area (Å²) in [4.78, 5) is 0. The Balaban J connectivity index is 1.39. The van der Waals surface area contributed by atoms with Gasteiger partial charge in [-0.25, -0.2) is 0 Å². The summed E-state index contributed by atoms with van der Waals surface area (Å²) >= 11 is 7.73. The lowest BCUT2D eigenvalue weighted by Gasteiger charge is -2.11. The number of para-hydroxylation sites is 2. The lowest BCUT2D eigenvalue weighted by atomic mass is 10.2. The minimum absolute atomic E-state index is 0.233. The first-order chi connectivity index (χ1) is 15.3. The van der Waals surface area contributed by atoms with Crippen LogP contribution in [0.15, 0.2) is 78.0 Å². The van der Waals surface area contributed by atoms with E-state index in [1.54, 1.807) is 11.8 Å². The molecule has 2 heterocycles. The Kier molecular flexibility index (Phi) is 5.69. The summed E-state index contributed by atoms with van der Waals surface area (Å²) in [6.07, 6.45) is 0. The van der Waals surface area contributed by atoms with E-state index in [-0.39, 0.29) is 6.79 Å². The van der Waals surface area contributed by atoms with E-state index in [1.807, 2.05) is 77.4 Å². The Morgan fingerprint density at radius 3 is 2.61 bits per heavy atom. The van der Waals surface area contributed by atoms with Gasteiger partial charge in [0, 0.05) is 17.0 Å². The van der Waals surface area contributed by atoms with E-state index in [9.17, 15) is 0 Å². The standard InChI is InChI=1S/C23H18ClN3O3S/c24-18-8-4-5-9-19(18)28-12-13-31-23-26-25-22(27(23)17-6-2-1-3-7-17)16-10-11-20-21(14-16)30-15-29-20/h1-11,14H,12-13,15H2. The third-order valence-electron chi connectivity index (χ3n) is 4.69. The van der Waals surface area contributed by atoms with Crippen molar-refractivity contribution in [1.29, 1.82) is 0 Å². The first-order valence-electron chi connectivity index (χ1n) is 9.70. The minimum Gasteiger partial charge on any atom is -0.491 e. The van der Waals surface area contributed by atoms with Crippen molar-refractivity contribution in [2.24, 2.45) is 0 Å². The molecular formula is C23H18ClN3O3S. The molecule has 31 heavy (non-hydrogen) atoms. The summed E-state index contributed by atoms with van der Waals surface area (Å²) in [6.45, 7) is 0.728. The number of ether oxygens (including phenoxy) is 3. The van der Waals surface area contributed by atoms with Crippen molar-refractivity contribution in [3.63, 3.8) is 0 Å². The van der Waals surface area contributed by atoms with E-state index < -0.39 is 0 Å². The predicted molar refractivity (Wildman–Crippen MR) is 121 cm³/mol. The van der Waals surface area contributed by atoms with Gasteiger partial charge in [-0.1, -0.05) is 53.7 Å². The van der Waals surface area contributed by atoms with Crippen molar-refractivity contribution in [2.75, 3.05) is 19.2 Å². The van der Waals surface area contributed by atoms with Crippen molar-refractivity contribution in [1.82, 2.24) is 14.8 Å². The van der Waals surface area contributed by atoms with Crippen LogP contribution in [0.4, 0.5) is 0 Å². The number of aromatic nitrogens is 3. The highest BCUT2D eigenvalue weighted by Crippen LogP contribution is 2.37. The third kappa shape index (κ3) is 4.19. The Morgan fingerprint density at radius 2 is 1.74 bits per heavy atom. The van der Waals surface area contributed by atoms with Gasteiger partial charge in [0.25, 0.3) is 0 Å². The maximum atomic E-state index is 6.16. The van der Waals surface area contributed by atoms with Crippen LogP contribution in [0, 0.1) is 0 Å². The van der Waals surface area contributed by atoms with Gasteiger partial charge < -0.3 is 14.2 Å². The van der Waals surface area contributed by atoms with E-state index in [0.717, 1.165) is 28.0 Å². The average molecular weight is 452 g/mol. The summed E-state index contributed by atoms with van der Waals surface area (Å²) < 4.78 is 18.8. The second kappa shape index (κ2) is 8.91. The molecular weight excluding hydrogens is 434 g/mol. The first-order valence-corrected chi connectivity index (χ1v) is 11.1. The average Bonchev–Trinajstić information content (AvgIpc) is 3.45. The van der Waals surface area contributed by atoms with E-state index in [2.05, 4.69) is 10.2 Å². The van der Waals surface area contributed by atoms with Gasteiger partial charge >= 0.3 is 0 Å². The third-order valence-corrected chi connectivity index (χ3v) is 5.89. The molecule has 0 bridgehead atoms. The topological polar surface area (TPSA) is 58.4 Å². The van der Waals surface area contributed by atoms with Crippen LogP contribution >= 0.6 is 23.4 Å². The van der Waals surface area contributed by atoms with Gasteiger partial charge in [0.2, 0.25) is 6.79 Å². The van der Waals surface area contributed by atoms with Crippen LogP contribution < -0.4 is 14.2 Å². The van der Waals surface area contributed by atoms with Crippen LogP contribution in [0.5, 0.6) is 17.2 Å². The molecule has 6 nitrogen and oxygen atoms in total. The van der Waals surface area contributed by atoms with Gasteiger partial charge in [-0.2, -0.15) is 0 Å². The van der Waals surface area contributed by atoms with Gasteiger partial charge in [0.15, 0.2) is 22.5 Å². The second-order valence-electron chi connectivity index (χ2n) is 6.67. The number of rotatable bonds is 7. The van der Waals surface area contributed by atoms with Crippen LogP contribution in [0.1, 0.15) is 0 Å². The number of nitrogens with zero attached hydrogens (tertiary/aromatic N) is 3. The Bertz CT molecular complexity index is 1200. The van der Waals surface area contributed by atoms with E-state index in [0.29, 0.717) is 28.9 Å². The Hall–Kier alpha value is -3.16. The number of fused-ring (bicyclic) bond motifs is 1. The molecule has 5 rings (SSSR count). The summed E-state index contributed by atoms with van der Waals surface area (Å²) in [6, 6.07) is 23.3. The van der Waals surface area contributed by atoms with Gasteiger partial charge in [0.05, 0.1) is 11.6 Å². The molecule has 0 aliphatic carbocycles. The quantitative estimate of drug-likeness (QED) is 0.273. The largest absolute Gasteiger partial charge is 0.491 e. The van der Waals surface area contributed by atoms with Crippen LogP contribution in [-0.2, 0) is 0 Å². The fraction of sp³-hybridized carbons (Fsp3) is 0.130. The van der Waals surface area contributed by atoms with Crippen molar-refractivity contribution in [3.05, 3.63) is 77.8 Å². The van der Waals surface area contributed by atoms with Crippen LogP contribution in [-0.4, -0.2) is 33.9 Å². The smallest absolute Gasteiger partial charge is 0.231 e. The molecule has 4 aromatic rings. The van der Waals surface area contributed by atoms with E-state index in [1.165, 1.54) is 0 Å². The maximum Gasteiger partial charge on any atom is 0.231 e. The molecule has 0 unspecified atom stereocenters. The molecule has 0 saturated carbocycles. The number of benzene rings is 3. The second-order valence-corrected chi connectivity index (χ2v) is 8.14. The van der Waals surface area contributed by atoms with Crippen molar-refractivity contribution < 1.29 is 14.2 Å². The van der Waals surface area contributed by atoms with Gasteiger partial charge in [0.1, 0.15) is 5.75 Å². The molecule has 1 aliphatic rings. The number of thioether (sulfide) groups is 1. The normalized spacial score (nSPS) is 12.2. The Labute approximate surface area is 188 Å². The summed E-state index contributed by atoms with van der Waals surface area (Å²) in [5, 5.41) is 10.3. The number of halogens is 1. The van der Waals surface area contributed by atoms with E-state index in [4.69, 9.17) is 25.8 Å². The van der Waals surface area contributed by atoms with Crippen LogP contribution in [0.2, 0.25) is 5.02 Å². The van der Waals surface area contributed by atoms with Gasteiger partial charge in [-0.3, -0.25) is 4.57 Å². The monoisotopic (exact) mass is 451 g/mol. The number of hydrogen-bond acceptors (Lipinski definition) is 6. The molecule has 1 aromatic heterocycles. The molecule has 1 aliphatic heterocycles.